The maximum Gasteiger partial charge on any atom is 0.313 e. The third-order valence-electron chi connectivity index (χ3n) is 4.07. The van der Waals surface area contributed by atoms with Gasteiger partial charge in [-0.2, -0.15) is 0 Å². The van der Waals surface area contributed by atoms with Crippen LogP contribution in [0.4, 0.5) is 0 Å². The van der Waals surface area contributed by atoms with Gasteiger partial charge in [-0.1, -0.05) is 37.3 Å². The summed E-state index contributed by atoms with van der Waals surface area (Å²) in [6.07, 6.45) is 0. The maximum atomic E-state index is 11.9. The highest BCUT2D eigenvalue weighted by Crippen LogP contribution is 2.37. The van der Waals surface area contributed by atoms with Crippen LogP contribution < -0.4 is 0 Å². The van der Waals surface area contributed by atoms with E-state index >= 15 is 0 Å². The van der Waals surface area contributed by atoms with Crippen LogP contribution in [0.25, 0.3) is 0 Å². The highest BCUT2D eigenvalue weighted by Gasteiger charge is 2.46. The molecule has 18 heavy (non-hydrogen) atoms. The molecule has 1 aliphatic rings. The first-order valence-electron chi connectivity index (χ1n) is 6.41. The standard InChI is InChI=1S/C15H21NO2/c1-12-9-16(10-13-7-5-4-6-8-13)11-15(12,2)14(17)18-3/h4-8,12H,9-11H2,1-3H3/t12-,15-/m1/s1. The number of benzene rings is 1. The largest absolute Gasteiger partial charge is 0.469 e. The van der Waals surface area contributed by atoms with Crippen molar-refractivity contribution in [3.05, 3.63) is 35.9 Å². The lowest BCUT2D eigenvalue weighted by Crippen LogP contribution is -2.36. The number of rotatable bonds is 3. The van der Waals surface area contributed by atoms with E-state index in [0.29, 0.717) is 5.92 Å². The summed E-state index contributed by atoms with van der Waals surface area (Å²) in [5.41, 5.74) is 0.919. The fraction of sp³-hybridized carbons (Fsp3) is 0.533. The molecule has 0 aromatic heterocycles. The van der Waals surface area contributed by atoms with Crippen LogP contribution in [0.5, 0.6) is 0 Å². The van der Waals surface area contributed by atoms with Gasteiger partial charge in [0.15, 0.2) is 0 Å². The monoisotopic (exact) mass is 247 g/mol. The van der Waals surface area contributed by atoms with Crippen molar-refractivity contribution in [2.45, 2.75) is 20.4 Å². The first-order valence-corrected chi connectivity index (χ1v) is 6.41. The molecule has 0 unspecified atom stereocenters. The first kappa shape index (κ1) is 13.1. The van der Waals surface area contributed by atoms with Crippen molar-refractivity contribution >= 4 is 5.97 Å². The van der Waals surface area contributed by atoms with Crippen molar-refractivity contribution in [1.82, 2.24) is 4.90 Å². The van der Waals surface area contributed by atoms with Gasteiger partial charge >= 0.3 is 5.97 Å². The quantitative estimate of drug-likeness (QED) is 0.768. The van der Waals surface area contributed by atoms with Crippen molar-refractivity contribution < 1.29 is 9.53 Å². The third kappa shape index (κ3) is 2.41. The Hall–Kier alpha value is -1.35. The van der Waals surface area contributed by atoms with Crippen molar-refractivity contribution in [3.63, 3.8) is 0 Å². The number of likely N-dealkylation sites (tertiary alicyclic amines) is 1. The van der Waals surface area contributed by atoms with Gasteiger partial charge in [-0.15, -0.1) is 0 Å². The Bertz CT molecular complexity index is 418. The van der Waals surface area contributed by atoms with Crippen LogP contribution in [0, 0.1) is 11.3 Å². The Morgan fingerprint density at radius 1 is 1.44 bits per heavy atom. The third-order valence-corrected chi connectivity index (χ3v) is 4.07. The predicted molar refractivity (Wildman–Crippen MR) is 71.0 cm³/mol. The fourth-order valence-corrected chi connectivity index (χ4v) is 2.73. The molecule has 1 aliphatic heterocycles. The molecule has 0 saturated carbocycles. The maximum absolute atomic E-state index is 11.9. The molecule has 0 spiro atoms. The molecule has 1 saturated heterocycles. The van der Waals surface area contributed by atoms with Crippen molar-refractivity contribution in [3.8, 4) is 0 Å². The number of methoxy groups -OCH3 is 1. The molecule has 1 aromatic rings. The number of carbonyl (C=O) groups excluding carboxylic acids is 1. The fourth-order valence-electron chi connectivity index (χ4n) is 2.73. The second kappa shape index (κ2) is 5.11. The molecule has 0 N–H and O–H groups in total. The summed E-state index contributed by atoms with van der Waals surface area (Å²) in [6, 6.07) is 10.4. The van der Waals surface area contributed by atoms with Crippen LogP contribution in [0.3, 0.4) is 0 Å². The number of nitrogens with zero attached hydrogens (tertiary/aromatic N) is 1. The van der Waals surface area contributed by atoms with E-state index in [0.717, 1.165) is 19.6 Å². The minimum atomic E-state index is -0.371. The Morgan fingerprint density at radius 2 is 2.11 bits per heavy atom. The molecular formula is C15H21NO2. The van der Waals surface area contributed by atoms with Gasteiger partial charge in [-0.05, 0) is 18.4 Å². The number of carbonyl (C=O) groups is 1. The highest BCUT2D eigenvalue weighted by molar-refractivity contribution is 5.77. The topological polar surface area (TPSA) is 29.5 Å². The molecule has 2 rings (SSSR count). The number of ether oxygens (including phenoxy) is 1. The first-order chi connectivity index (χ1) is 8.56. The summed E-state index contributed by atoms with van der Waals surface area (Å²) < 4.78 is 4.94. The van der Waals surface area contributed by atoms with Gasteiger partial charge in [-0.3, -0.25) is 9.69 Å². The molecule has 98 valence electrons. The number of hydrogen-bond donors (Lipinski definition) is 0. The van der Waals surface area contributed by atoms with E-state index in [1.807, 2.05) is 25.1 Å². The van der Waals surface area contributed by atoms with Crippen LogP contribution in [0.2, 0.25) is 0 Å². The highest BCUT2D eigenvalue weighted by atomic mass is 16.5. The van der Waals surface area contributed by atoms with Crippen molar-refractivity contribution in [2.24, 2.45) is 11.3 Å². The Labute approximate surface area is 109 Å². The Balaban J connectivity index is 2.05. The minimum absolute atomic E-state index is 0.0921. The summed E-state index contributed by atoms with van der Waals surface area (Å²) in [5.74, 6) is 0.235. The normalized spacial score (nSPS) is 28.3. The number of hydrogen-bond acceptors (Lipinski definition) is 3. The van der Waals surface area contributed by atoms with Gasteiger partial charge in [0.2, 0.25) is 0 Å². The summed E-state index contributed by atoms with van der Waals surface area (Å²) in [5, 5.41) is 0. The smallest absolute Gasteiger partial charge is 0.313 e. The van der Waals surface area contributed by atoms with Gasteiger partial charge in [0, 0.05) is 19.6 Å². The molecule has 0 bridgehead atoms. The lowest BCUT2D eigenvalue weighted by Gasteiger charge is -2.25. The summed E-state index contributed by atoms with van der Waals surface area (Å²) in [7, 11) is 1.47. The second-order valence-corrected chi connectivity index (χ2v) is 5.47. The van der Waals surface area contributed by atoms with E-state index in [9.17, 15) is 4.79 Å². The molecule has 0 radical (unpaired) electrons. The zero-order chi connectivity index (χ0) is 13.2. The van der Waals surface area contributed by atoms with E-state index < -0.39 is 0 Å². The molecule has 1 aromatic carbocycles. The van der Waals surface area contributed by atoms with Crippen molar-refractivity contribution in [1.29, 1.82) is 0 Å². The molecule has 3 nitrogen and oxygen atoms in total. The van der Waals surface area contributed by atoms with Crippen LogP contribution >= 0.6 is 0 Å². The minimum Gasteiger partial charge on any atom is -0.469 e. The zero-order valence-corrected chi connectivity index (χ0v) is 11.3. The van der Waals surface area contributed by atoms with Crippen LogP contribution in [0.15, 0.2) is 30.3 Å². The summed E-state index contributed by atoms with van der Waals surface area (Å²) >= 11 is 0. The van der Waals surface area contributed by atoms with E-state index in [-0.39, 0.29) is 11.4 Å². The predicted octanol–water partition coefficient (Wildman–Crippen LogP) is 2.32. The van der Waals surface area contributed by atoms with Gasteiger partial charge in [0.1, 0.15) is 0 Å². The van der Waals surface area contributed by atoms with E-state index in [1.54, 1.807) is 0 Å². The molecule has 3 heteroatoms. The number of esters is 1. The van der Waals surface area contributed by atoms with Crippen LogP contribution in [-0.4, -0.2) is 31.1 Å². The molecule has 0 amide bonds. The van der Waals surface area contributed by atoms with Crippen molar-refractivity contribution in [2.75, 3.05) is 20.2 Å². The average Bonchev–Trinajstić information content (AvgIpc) is 2.66. The lowest BCUT2D eigenvalue weighted by atomic mass is 9.81. The molecule has 1 fully saturated rings. The molecule has 1 heterocycles. The van der Waals surface area contributed by atoms with Crippen LogP contribution in [0.1, 0.15) is 19.4 Å². The molecular weight excluding hydrogens is 226 g/mol. The SMILES string of the molecule is COC(=O)[C@]1(C)CN(Cc2ccccc2)C[C@H]1C. The van der Waals surface area contributed by atoms with Gasteiger partial charge in [0.25, 0.3) is 0 Å². The van der Waals surface area contributed by atoms with Gasteiger partial charge in [-0.25, -0.2) is 0 Å². The molecule has 2 atom stereocenters. The molecule has 0 aliphatic carbocycles. The average molecular weight is 247 g/mol. The summed E-state index contributed by atoms with van der Waals surface area (Å²) in [4.78, 5) is 14.2. The Kier molecular flexibility index (Phi) is 3.71. The zero-order valence-electron chi connectivity index (χ0n) is 11.3. The van der Waals surface area contributed by atoms with E-state index in [2.05, 4.69) is 24.0 Å². The van der Waals surface area contributed by atoms with E-state index in [4.69, 9.17) is 4.74 Å². The summed E-state index contributed by atoms with van der Waals surface area (Å²) in [6.45, 7) is 6.75. The second-order valence-electron chi connectivity index (χ2n) is 5.47. The van der Waals surface area contributed by atoms with Gasteiger partial charge < -0.3 is 4.74 Å². The lowest BCUT2D eigenvalue weighted by molar-refractivity contribution is -0.152. The Morgan fingerprint density at radius 3 is 2.72 bits per heavy atom. The van der Waals surface area contributed by atoms with Crippen LogP contribution in [-0.2, 0) is 16.1 Å². The van der Waals surface area contributed by atoms with E-state index in [1.165, 1.54) is 12.7 Å². The van der Waals surface area contributed by atoms with Gasteiger partial charge in [0.05, 0.1) is 12.5 Å².